The van der Waals surface area contributed by atoms with E-state index < -0.39 is 16.4 Å². The topological polar surface area (TPSA) is 55.8 Å². The predicted molar refractivity (Wildman–Crippen MR) is 85.3 cm³/mol. The van der Waals surface area contributed by atoms with Crippen LogP contribution in [0, 0.1) is 5.92 Å². The van der Waals surface area contributed by atoms with Gasteiger partial charge in [-0.25, -0.2) is 0 Å². The second-order valence-corrected chi connectivity index (χ2v) is 6.81. The molecule has 0 aliphatic carbocycles. The van der Waals surface area contributed by atoms with E-state index in [4.69, 9.17) is 9.47 Å². The molecule has 0 fully saturated rings. The lowest BCUT2D eigenvalue weighted by Crippen LogP contribution is -2.47. The van der Waals surface area contributed by atoms with Crippen LogP contribution in [0.1, 0.15) is 32.4 Å². The third-order valence-corrected chi connectivity index (χ3v) is 4.38. The number of esters is 1. The standard InChI is InChI=1S/C16H23BrO4/c1-5-21-15(19)16(3,17)14(18)11(2)13(20-4)12-9-7-6-8-10-12/h6-11,13-14,18H,5H2,1-4H3/t11-,13-,14+,16?/m0/s1. The van der Waals surface area contributed by atoms with Gasteiger partial charge in [0, 0.05) is 13.0 Å². The van der Waals surface area contributed by atoms with Crippen molar-refractivity contribution >= 4 is 21.9 Å². The van der Waals surface area contributed by atoms with Gasteiger partial charge in [0.15, 0.2) is 0 Å². The molecule has 0 spiro atoms. The highest BCUT2D eigenvalue weighted by Gasteiger charge is 2.44. The molecule has 1 rings (SSSR count). The van der Waals surface area contributed by atoms with Crippen molar-refractivity contribution in [2.45, 2.75) is 37.3 Å². The number of methoxy groups -OCH3 is 1. The van der Waals surface area contributed by atoms with Crippen molar-refractivity contribution in [1.29, 1.82) is 0 Å². The van der Waals surface area contributed by atoms with Gasteiger partial charge in [-0.3, -0.25) is 4.79 Å². The molecule has 5 heteroatoms. The summed E-state index contributed by atoms with van der Waals surface area (Å²) in [4.78, 5) is 12.0. The predicted octanol–water partition coefficient (Wildman–Crippen LogP) is 3.09. The van der Waals surface area contributed by atoms with Gasteiger partial charge >= 0.3 is 5.97 Å². The minimum absolute atomic E-state index is 0.271. The van der Waals surface area contributed by atoms with Crippen LogP contribution in [0.3, 0.4) is 0 Å². The molecule has 0 saturated carbocycles. The number of hydrogen-bond donors (Lipinski definition) is 1. The largest absolute Gasteiger partial charge is 0.465 e. The summed E-state index contributed by atoms with van der Waals surface area (Å²) in [6, 6.07) is 9.63. The van der Waals surface area contributed by atoms with Crippen LogP contribution in [-0.2, 0) is 14.3 Å². The summed E-state index contributed by atoms with van der Waals surface area (Å²) in [7, 11) is 1.59. The van der Waals surface area contributed by atoms with Gasteiger partial charge in [0.05, 0.1) is 18.8 Å². The van der Waals surface area contributed by atoms with Gasteiger partial charge in [-0.15, -0.1) is 0 Å². The molecule has 118 valence electrons. The van der Waals surface area contributed by atoms with Crippen LogP contribution in [0.5, 0.6) is 0 Å². The van der Waals surface area contributed by atoms with Crippen LogP contribution in [-0.4, -0.2) is 35.2 Å². The van der Waals surface area contributed by atoms with Gasteiger partial charge in [-0.2, -0.15) is 0 Å². The minimum Gasteiger partial charge on any atom is -0.465 e. The number of aliphatic hydroxyl groups excluding tert-OH is 1. The summed E-state index contributed by atoms with van der Waals surface area (Å²) in [6.45, 7) is 5.47. The van der Waals surface area contributed by atoms with E-state index in [1.165, 1.54) is 0 Å². The molecule has 0 aliphatic heterocycles. The fourth-order valence-electron chi connectivity index (χ4n) is 2.35. The third-order valence-electron chi connectivity index (χ3n) is 3.59. The van der Waals surface area contributed by atoms with E-state index in [2.05, 4.69) is 15.9 Å². The van der Waals surface area contributed by atoms with Gasteiger partial charge < -0.3 is 14.6 Å². The van der Waals surface area contributed by atoms with Crippen LogP contribution in [0.15, 0.2) is 30.3 Å². The molecule has 21 heavy (non-hydrogen) atoms. The lowest BCUT2D eigenvalue weighted by Gasteiger charge is -2.34. The van der Waals surface area contributed by atoms with Crippen LogP contribution in [0.4, 0.5) is 0 Å². The van der Waals surface area contributed by atoms with E-state index in [0.29, 0.717) is 0 Å². The van der Waals surface area contributed by atoms with Crippen molar-refractivity contribution in [2.24, 2.45) is 5.92 Å². The van der Waals surface area contributed by atoms with E-state index in [9.17, 15) is 9.90 Å². The Bertz CT molecular complexity index is 447. The Morgan fingerprint density at radius 1 is 1.38 bits per heavy atom. The first-order valence-electron chi connectivity index (χ1n) is 6.98. The van der Waals surface area contributed by atoms with Crippen molar-refractivity contribution < 1.29 is 19.4 Å². The number of hydrogen-bond acceptors (Lipinski definition) is 4. The molecule has 1 unspecified atom stereocenters. The van der Waals surface area contributed by atoms with Crippen LogP contribution in [0.2, 0.25) is 0 Å². The number of benzene rings is 1. The summed E-state index contributed by atoms with van der Waals surface area (Å²) in [6.07, 6.45) is -1.27. The summed E-state index contributed by atoms with van der Waals surface area (Å²) >= 11 is 3.30. The van der Waals surface area contributed by atoms with Crippen molar-refractivity contribution in [3.05, 3.63) is 35.9 Å². The van der Waals surface area contributed by atoms with Crippen LogP contribution >= 0.6 is 15.9 Å². The van der Waals surface area contributed by atoms with E-state index >= 15 is 0 Å². The molecule has 0 radical (unpaired) electrons. The van der Waals surface area contributed by atoms with Crippen molar-refractivity contribution in [3.63, 3.8) is 0 Å². The lowest BCUT2D eigenvalue weighted by atomic mass is 9.86. The molecule has 0 amide bonds. The zero-order valence-corrected chi connectivity index (χ0v) is 14.5. The zero-order valence-electron chi connectivity index (χ0n) is 12.9. The summed E-state index contributed by atoms with van der Waals surface area (Å²) in [5.41, 5.74) is 0.957. The SMILES string of the molecule is CCOC(=O)C(C)(Br)[C@H](O)[C@@H](C)[C@H](OC)c1ccccc1. The maximum Gasteiger partial charge on any atom is 0.325 e. The van der Waals surface area contributed by atoms with Crippen molar-refractivity contribution in [1.82, 2.24) is 0 Å². The molecule has 4 nitrogen and oxygen atoms in total. The first kappa shape index (κ1) is 18.1. The molecule has 0 saturated heterocycles. The Morgan fingerprint density at radius 3 is 2.43 bits per heavy atom. The highest BCUT2D eigenvalue weighted by molar-refractivity contribution is 9.10. The molecule has 0 heterocycles. The molecule has 1 aromatic carbocycles. The van der Waals surface area contributed by atoms with E-state index in [-0.39, 0.29) is 18.6 Å². The highest BCUT2D eigenvalue weighted by atomic mass is 79.9. The number of rotatable bonds is 7. The molecular weight excluding hydrogens is 336 g/mol. The van der Waals surface area contributed by atoms with Gasteiger partial charge in [0.25, 0.3) is 0 Å². The van der Waals surface area contributed by atoms with Crippen LogP contribution < -0.4 is 0 Å². The minimum atomic E-state index is -1.17. The Morgan fingerprint density at radius 2 is 1.95 bits per heavy atom. The molecule has 0 aliphatic rings. The zero-order chi connectivity index (χ0) is 16.0. The van der Waals surface area contributed by atoms with Gasteiger partial charge in [0.1, 0.15) is 4.32 Å². The quantitative estimate of drug-likeness (QED) is 0.601. The Balaban J connectivity index is 2.94. The van der Waals surface area contributed by atoms with Crippen LogP contribution in [0.25, 0.3) is 0 Å². The number of carbonyl (C=O) groups excluding carboxylic acids is 1. The summed E-state index contributed by atoms with van der Waals surface area (Å²) < 4.78 is 9.36. The number of carbonyl (C=O) groups is 1. The Hall–Kier alpha value is -0.910. The molecule has 0 aromatic heterocycles. The monoisotopic (exact) mass is 358 g/mol. The number of ether oxygens (including phenoxy) is 2. The van der Waals surface area contributed by atoms with Crippen molar-refractivity contribution in [2.75, 3.05) is 13.7 Å². The maximum absolute atomic E-state index is 12.0. The lowest BCUT2D eigenvalue weighted by molar-refractivity contribution is -0.150. The van der Waals surface area contributed by atoms with E-state index in [0.717, 1.165) is 5.56 Å². The normalized spacial score (nSPS) is 18.4. The fraction of sp³-hybridized carbons (Fsp3) is 0.562. The third kappa shape index (κ3) is 4.28. The molecule has 4 atom stereocenters. The summed E-state index contributed by atoms with van der Waals surface area (Å²) in [5.74, 6) is -0.779. The average Bonchev–Trinajstić information content (AvgIpc) is 2.48. The van der Waals surface area contributed by atoms with Gasteiger partial charge in [-0.05, 0) is 19.4 Å². The maximum atomic E-state index is 12.0. The van der Waals surface area contributed by atoms with E-state index in [1.807, 2.05) is 37.3 Å². The average molecular weight is 359 g/mol. The Labute approximate surface area is 134 Å². The number of halogens is 1. The number of aliphatic hydroxyl groups is 1. The first-order chi connectivity index (χ1) is 9.86. The molecule has 0 bridgehead atoms. The number of alkyl halides is 1. The molecule has 1 aromatic rings. The van der Waals surface area contributed by atoms with Gasteiger partial charge in [0.2, 0.25) is 0 Å². The smallest absolute Gasteiger partial charge is 0.325 e. The highest BCUT2D eigenvalue weighted by Crippen LogP contribution is 2.36. The van der Waals surface area contributed by atoms with Gasteiger partial charge in [-0.1, -0.05) is 53.2 Å². The fourth-order valence-corrected chi connectivity index (χ4v) is 2.88. The summed E-state index contributed by atoms with van der Waals surface area (Å²) in [5, 5.41) is 10.6. The second-order valence-electron chi connectivity index (χ2n) is 5.17. The van der Waals surface area contributed by atoms with Crippen molar-refractivity contribution in [3.8, 4) is 0 Å². The van der Waals surface area contributed by atoms with E-state index in [1.54, 1.807) is 21.0 Å². The first-order valence-corrected chi connectivity index (χ1v) is 7.77. The molecule has 1 N–H and O–H groups in total. The Kier molecular flexibility index (Phi) is 6.84. The second kappa shape index (κ2) is 7.92. The molecular formula is C16H23BrO4.